The first-order valence-electron chi connectivity index (χ1n) is 6.86. The maximum Gasteiger partial charge on any atom is 0.255 e. The minimum absolute atomic E-state index is 0.0178. The summed E-state index contributed by atoms with van der Waals surface area (Å²) in [5.74, 6) is 1.69. The summed E-state index contributed by atoms with van der Waals surface area (Å²) in [6.07, 6.45) is 3.99. The summed E-state index contributed by atoms with van der Waals surface area (Å²) in [7, 11) is 0. The molecule has 0 bridgehead atoms. The van der Waals surface area contributed by atoms with E-state index < -0.39 is 0 Å². The molecule has 1 aliphatic rings. The van der Waals surface area contributed by atoms with E-state index in [0.29, 0.717) is 19.0 Å². The molecule has 2 aromatic rings. The van der Waals surface area contributed by atoms with Crippen LogP contribution in [0.4, 0.5) is 0 Å². The summed E-state index contributed by atoms with van der Waals surface area (Å²) in [6, 6.07) is 0. The average Bonchev–Trinajstić information content (AvgIpc) is 2.92. The Morgan fingerprint density at radius 3 is 3.05 bits per heavy atom. The Hall–Kier alpha value is -1.95. The third-order valence-corrected chi connectivity index (χ3v) is 3.56. The second-order valence-electron chi connectivity index (χ2n) is 5.42. The van der Waals surface area contributed by atoms with Crippen LogP contribution in [0.3, 0.4) is 0 Å². The van der Waals surface area contributed by atoms with E-state index in [4.69, 9.17) is 4.42 Å². The van der Waals surface area contributed by atoms with Crippen LogP contribution in [0.1, 0.15) is 42.7 Å². The van der Waals surface area contributed by atoms with E-state index >= 15 is 0 Å². The van der Waals surface area contributed by atoms with Gasteiger partial charge in [0.1, 0.15) is 12.1 Å². The van der Waals surface area contributed by atoms with Crippen LogP contribution in [0, 0.1) is 0 Å². The van der Waals surface area contributed by atoms with E-state index in [9.17, 15) is 4.79 Å². The van der Waals surface area contributed by atoms with Crippen molar-refractivity contribution in [3.05, 3.63) is 45.8 Å². The van der Waals surface area contributed by atoms with Gasteiger partial charge in [-0.1, -0.05) is 13.8 Å². The summed E-state index contributed by atoms with van der Waals surface area (Å²) in [5.41, 5.74) is 1.68. The third-order valence-electron chi connectivity index (χ3n) is 3.56. The fraction of sp³-hybridized carbons (Fsp3) is 0.500. The van der Waals surface area contributed by atoms with Crippen LogP contribution in [0.25, 0.3) is 0 Å². The maximum atomic E-state index is 12.2. The van der Waals surface area contributed by atoms with Crippen molar-refractivity contribution in [3.8, 4) is 0 Å². The smallest absolute Gasteiger partial charge is 0.255 e. The van der Waals surface area contributed by atoms with Crippen molar-refractivity contribution < 1.29 is 4.42 Å². The second-order valence-corrected chi connectivity index (χ2v) is 5.42. The van der Waals surface area contributed by atoms with Crippen LogP contribution in [-0.4, -0.2) is 26.4 Å². The molecule has 1 N–H and O–H groups in total. The number of nitrogens with one attached hydrogen (secondary N) is 1. The zero-order valence-corrected chi connectivity index (χ0v) is 11.7. The predicted octanol–water partition coefficient (Wildman–Crippen LogP) is 1.44. The number of nitrogens with zero attached hydrogens (tertiary/aromatic N) is 3. The van der Waals surface area contributed by atoms with Gasteiger partial charge in [-0.25, -0.2) is 9.97 Å². The number of rotatable bonds is 3. The zero-order valence-electron chi connectivity index (χ0n) is 11.7. The SMILES string of the molecule is CC(C)c1nc2c(c(=O)[nH]1)CN(Cc1ncco1)CC2. The minimum atomic E-state index is -0.0178. The molecule has 0 amide bonds. The molecule has 0 radical (unpaired) electrons. The highest BCUT2D eigenvalue weighted by molar-refractivity contribution is 5.21. The standard InChI is InChI=1S/C14H18N4O2/c1-9(2)13-16-11-3-5-18(7-10(11)14(19)17-13)8-12-15-4-6-20-12/h4,6,9H,3,5,7-8H2,1-2H3,(H,16,17,19). The number of H-pyrrole nitrogens is 1. The molecule has 6 heteroatoms. The summed E-state index contributed by atoms with van der Waals surface area (Å²) >= 11 is 0. The Bertz CT molecular complexity index is 646. The van der Waals surface area contributed by atoms with Crippen LogP contribution in [0.15, 0.2) is 21.7 Å². The molecular formula is C14H18N4O2. The molecule has 6 nitrogen and oxygen atoms in total. The van der Waals surface area contributed by atoms with Crippen molar-refractivity contribution in [2.75, 3.05) is 6.54 Å². The Balaban J connectivity index is 1.83. The highest BCUT2D eigenvalue weighted by Crippen LogP contribution is 2.17. The van der Waals surface area contributed by atoms with Crippen molar-refractivity contribution in [3.63, 3.8) is 0 Å². The first-order chi connectivity index (χ1) is 9.63. The minimum Gasteiger partial charge on any atom is -0.448 e. The molecule has 0 saturated heterocycles. The number of oxazole rings is 1. The number of hydrogen-bond acceptors (Lipinski definition) is 5. The summed E-state index contributed by atoms with van der Waals surface area (Å²) in [5, 5.41) is 0. The molecular weight excluding hydrogens is 256 g/mol. The van der Waals surface area contributed by atoms with Crippen LogP contribution in [0.5, 0.6) is 0 Å². The van der Waals surface area contributed by atoms with E-state index in [1.54, 1.807) is 12.5 Å². The fourth-order valence-corrected chi connectivity index (χ4v) is 2.43. The lowest BCUT2D eigenvalue weighted by Gasteiger charge is -2.26. The van der Waals surface area contributed by atoms with Crippen LogP contribution < -0.4 is 5.56 Å². The quantitative estimate of drug-likeness (QED) is 0.916. The monoisotopic (exact) mass is 274 g/mol. The first kappa shape index (κ1) is 13.1. The molecule has 0 aliphatic carbocycles. The van der Waals surface area contributed by atoms with Gasteiger partial charge in [0.15, 0.2) is 0 Å². The number of fused-ring (bicyclic) bond motifs is 1. The van der Waals surface area contributed by atoms with Gasteiger partial charge in [-0.3, -0.25) is 9.69 Å². The van der Waals surface area contributed by atoms with Gasteiger partial charge in [-0.05, 0) is 0 Å². The predicted molar refractivity (Wildman–Crippen MR) is 73.3 cm³/mol. The lowest BCUT2D eigenvalue weighted by molar-refractivity contribution is 0.218. The molecule has 106 valence electrons. The lowest BCUT2D eigenvalue weighted by Crippen LogP contribution is -2.36. The van der Waals surface area contributed by atoms with Gasteiger partial charge in [0.25, 0.3) is 5.56 Å². The van der Waals surface area contributed by atoms with Crippen molar-refractivity contribution in [2.45, 2.75) is 39.3 Å². The van der Waals surface area contributed by atoms with Gasteiger partial charge in [-0.15, -0.1) is 0 Å². The van der Waals surface area contributed by atoms with Crippen molar-refractivity contribution >= 4 is 0 Å². The van der Waals surface area contributed by atoms with Gasteiger partial charge < -0.3 is 9.40 Å². The van der Waals surface area contributed by atoms with Crippen LogP contribution in [-0.2, 0) is 19.5 Å². The van der Waals surface area contributed by atoms with Crippen molar-refractivity contribution in [1.82, 2.24) is 19.9 Å². The van der Waals surface area contributed by atoms with E-state index in [2.05, 4.69) is 19.9 Å². The first-order valence-corrected chi connectivity index (χ1v) is 6.86. The molecule has 0 unspecified atom stereocenters. The van der Waals surface area contributed by atoms with Gasteiger partial charge >= 0.3 is 0 Å². The Morgan fingerprint density at radius 1 is 1.50 bits per heavy atom. The van der Waals surface area contributed by atoms with Gasteiger partial charge in [0.05, 0.1) is 24.0 Å². The van der Waals surface area contributed by atoms with Gasteiger partial charge in [-0.2, -0.15) is 0 Å². The largest absolute Gasteiger partial charge is 0.448 e. The van der Waals surface area contributed by atoms with Gasteiger partial charge in [0.2, 0.25) is 5.89 Å². The summed E-state index contributed by atoms with van der Waals surface area (Å²) in [4.78, 5) is 25.9. The summed E-state index contributed by atoms with van der Waals surface area (Å²) in [6.45, 7) is 6.14. The van der Waals surface area contributed by atoms with Crippen LogP contribution in [0.2, 0.25) is 0 Å². The Labute approximate surface area is 116 Å². The Morgan fingerprint density at radius 2 is 2.35 bits per heavy atom. The highest BCUT2D eigenvalue weighted by atomic mass is 16.3. The zero-order chi connectivity index (χ0) is 14.1. The number of hydrogen-bond donors (Lipinski definition) is 1. The fourth-order valence-electron chi connectivity index (χ4n) is 2.43. The summed E-state index contributed by atoms with van der Waals surface area (Å²) < 4.78 is 5.25. The topological polar surface area (TPSA) is 75.0 Å². The molecule has 1 aliphatic heterocycles. The van der Waals surface area contributed by atoms with E-state index in [0.717, 1.165) is 30.0 Å². The molecule has 3 heterocycles. The number of aromatic nitrogens is 3. The third kappa shape index (κ3) is 2.51. The average molecular weight is 274 g/mol. The molecule has 0 aromatic carbocycles. The van der Waals surface area contributed by atoms with E-state index in [1.807, 2.05) is 13.8 Å². The molecule has 0 saturated carbocycles. The molecule has 2 aromatic heterocycles. The maximum absolute atomic E-state index is 12.2. The van der Waals surface area contributed by atoms with Crippen LogP contribution >= 0.6 is 0 Å². The molecule has 0 spiro atoms. The normalized spacial score (nSPS) is 15.6. The van der Waals surface area contributed by atoms with Gasteiger partial charge in [0, 0.05) is 25.4 Å². The number of aromatic amines is 1. The molecule has 0 atom stereocenters. The van der Waals surface area contributed by atoms with E-state index in [-0.39, 0.29) is 11.5 Å². The lowest BCUT2D eigenvalue weighted by atomic mass is 10.1. The second kappa shape index (κ2) is 5.20. The Kier molecular flexibility index (Phi) is 3.40. The van der Waals surface area contributed by atoms with E-state index in [1.165, 1.54) is 0 Å². The van der Waals surface area contributed by atoms with Crippen molar-refractivity contribution in [2.24, 2.45) is 0 Å². The molecule has 3 rings (SSSR count). The molecule has 0 fully saturated rings. The highest BCUT2D eigenvalue weighted by Gasteiger charge is 2.22. The molecule has 20 heavy (non-hydrogen) atoms. The van der Waals surface area contributed by atoms with Crippen molar-refractivity contribution in [1.29, 1.82) is 0 Å².